The van der Waals surface area contributed by atoms with E-state index >= 15 is 0 Å². The Labute approximate surface area is 102 Å². The van der Waals surface area contributed by atoms with Gasteiger partial charge in [0.05, 0.1) is 12.7 Å². The topological polar surface area (TPSA) is 55.0 Å². The highest BCUT2D eigenvalue weighted by molar-refractivity contribution is 5.08. The number of unbranched alkanes of at least 4 members (excludes halogenated alkanes) is 1. The molecular weight excluding hydrogens is 216 g/mol. The molecule has 0 fully saturated rings. The zero-order chi connectivity index (χ0) is 12.7. The van der Waals surface area contributed by atoms with Crippen LogP contribution in [0.3, 0.4) is 0 Å². The van der Waals surface area contributed by atoms with Crippen LogP contribution in [-0.2, 0) is 0 Å². The van der Waals surface area contributed by atoms with Gasteiger partial charge in [-0.2, -0.15) is 0 Å². The molecule has 0 amide bonds. The predicted octanol–water partition coefficient (Wildman–Crippen LogP) is 2.67. The predicted molar refractivity (Wildman–Crippen MR) is 68.4 cm³/mol. The Morgan fingerprint density at radius 2 is 2.24 bits per heavy atom. The number of hydrogen-bond donors (Lipinski definition) is 1. The van der Waals surface area contributed by atoms with Crippen LogP contribution in [0.15, 0.2) is 10.9 Å². The SMILES string of the molecule is CCCCC(CC)COc1cc(=O)[nH]c(C)n1. The summed E-state index contributed by atoms with van der Waals surface area (Å²) in [5, 5.41) is 0. The van der Waals surface area contributed by atoms with Crippen molar-refractivity contribution < 1.29 is 4.74 Å². The maximum atomic E-state index is 11.2. The summed E-state index contributed by atoms with van der Waals surface area (Å²) in [4.78, 5) is 18.0. The van der Waals surface area contributed by atoms with E-state index in [1.807, 2.05) is 0 Å². The lowest BCUT2D eigenvalue weighted by molar-refractivity contribution is 0.225. The Balaban J connectivity index is 2.50. The quantitative estimate of drug-likeness (QED) is 0.794. The van der Waals surface area contributed by atoms with Gasteiger partial charge in [0.15, 0.2) is 0 Å². The third-order valence-electron chi connectivity index (χ3n) is 2.85. The lowest BCUT2D eigenvalue weighted by Gasteiger charge is -2.14. The van der Waals surface area contributed by atoms with E-state index in [4.69, 9.17) is 4.74 Å². The van der Waals surface area contributed by atoms with Gasteiger partial charge in [-0.05, 0) is 19.3 Å². The molecule has 4 nitrogen and oxygen atoms in total. The Bertz CT molecular complexity index is 387. The van der Waals surface area contributed by atoms with E-state index in [1.165, 1.54) is 25.3 Å². The number of aryl methyl sites for hydroxylation is 1. The zero-order valence-electron chi connectivity index (χ0n) is 11.0. The van der Waals surface area contributed by atoms with Crippen LogP contribution in [0.1, 0.15) is 45.4 Å². The summed E-state index contributed by atoms with van der Waals surface area (Å²) in [5.41, 5.74) is -0.158. The summed E-state index contributed by atoms with van der Waals surface area (Å²) in [6.07, 6.45) is 4.71. The van der Waals surface area contributed by atoms with E-state index in [9.17, 15) is 4.79 Å². The summed E-state index contributed by atoms with van der Waals surface area (Å²) in [5.74, 6) is 1.58. The van der Waals surface area contributed by atoms with Crippen molar-refractivity contribution in [3.05, 3.63) is 22.2 Å². The average Bonchev–Trinajstić information content (AvgIpc) is 2.28. The second-order valence-electron chi connectivity index (χ2n) is 4.40. The summed E-state index contributed by atoms with van der Waals surface area (Å²) in [7, 11) is 0. The van der Waals surface area contributed by atoms with Gasteiger partial charge in [-0.15, -0.1) is 0 Å². The first-order valence-electron chi connectivity index (χ1n) is 6.36. The molecule has 1 atom stereocenters. The summed E-state index contributed by atoms with van der Waals surface area (Å²) >= 11 is 0. The Hall–Kier alpha value is -1.32. The third-order valence-corrected chi connectivity index (χ3v) is 2.85. The van der Waals surface area contributed by atoms with Crippen molar-refractivity contribution in [2.24, 2.45) is 5.92 Å². The molecule has 1 N–H and O–H groups in total. The molecule has 0 spiro atoms. The first-order valence-corrected chi connectivity index (χ1v) is 6.36. The van der Waals surface area contributed by atoms with Crippen molar-refractivity contribution in [2.75, 3.05) is 6.61 Å². The second kappa shape index (κ2) is 7.09. The highest BCUT2D eigenvalue weighted by atomic mass is 16.5. The summed E-state index contributed by atoms with van der Waals surface area (Å²) in [6, 6.07) is 1.40. The molecule has 1 heterocycles. The number of nitrogens with one attached hydrogen (secondary N) is 1. The molecule has 0 aliphatic rings. The van der Waals surface area contributed by atoms with E-state index in [1.54, 1.807) is 6.92 Å². The van der Waals surface area contributed by atoms with Crippen LogP contribution >= 0.6 is 0 Å². The molecule has 17 heavy (non-hydrogen) atoms. The average molecular weight is 238 g/mol. The molecule has 1 aromatic rings. The Kier molecular flexibility index (Phi) is 5.73. The fourth-order valence-corrected chi connectivity index (χ4v) is 1.73. The molecule has 0 bridgehead atoms. The van der Waals surface area contributed by atoms with Crippen molar-refractivity contribution in [2.45, 2.75) is 46.5 Å². The van der Waals surface area contributed by atoms with E-state index in [0.717, 1.165) is 6.42 Å². The summed E-state index contributed by atoms with van der Waals surface area (Å²) < 4.78 is 5.59. The Morgan fingerprint density at radius 3 is 2.82 bits per heavy atom. The van der Waals surface area contributed by atoms with E-state index in [2.05, 4.69) is 23.8 Å². The van der Waals surface area contributed by atoms with Crippen molar-refractivity contribution in [1.29, 1.82) is 0 Å². The first-order chi connectivity index (χ1) is 8.15. The largest absolute Gasteiger partial charge is 0.477 e. The summed E-state index contributed by atoms with van der Waals surface area (Å²) in [6.45, 7) is 6.75. The smallest absolute Gasteiger partial charge is 0.254 e. The number of aromatic nitrogens is 2. The number of aromatic amines is 1. The fraction of sp³-hybridized carbons (Fsp3) is 0.692. The van der Waals surface area contributed by atoms with Crippen LogP contribution < -0.4 is 10.3 Å². The van der Waals surface area contributed by atoms with Crippen LogP contribution in [0.4, 0.5) is 0 Å². The van der Waals surface area contributed by atoms with Crippen LogP contribution in [-0.4, -0.2) is 16.6 Å². The van der Waals surface area contributed by atoms with E-state index in [-0.39, 0.29) is 5.56 Å². The third kappa shape index (κ3) is 5.02. The molecule has 0 aliphatic carbocycles. The van der Waals surface area contributed by atoms with Crippen LogP contribution in [0.25, 0.3) is 0 Å². The van der Waals surface area contributed by atoms with Gasteiger partial charge >= 0.3 is 0 Å². The minimum Gasteiger partial charge on any atom is -0.477 e. The molecule has 1 unspecified atom stereocenters. The lowest BCUT2D eigenvalue weighted by atomic mass is 10.0. The first kappa shape index (κ1) is 13.7. The number of nitrogens with zero attached hydrogens (tertiary/aromatic N) is 1. The molecule has 1 aromatic heterocycles. The van der Waals surface area contributed by atoms with Gasteiger partial charge in [0.25, 0.3) is 5.56 Å². The van der Waals surface area contributed by atoms with Crippen LogP contribution in [0.5, 0.6) is 5.88 Å². The van der Waals surface area contributed by atoms with Gasteiger partial charge in [-0.25, -0.2) is 4.98 Å². The maximum absolute atomic E-state index is 11.2. The van der Waals surface area contributed by atoms with Gasteiger partial charge in [0, 0.05) is 0 Å². The highest BCUT2D eigenvalue weighted by Gasteiger charge is 2.08. The fourth-order valence-electron chi connectivity index (χ4n) is 1.73. The van der Waals surface area contributed by atoms with Crippen LogP contribution in [0, 0.1) is 12.8 Å². The standard InChI is InChI=1S/C13H22N2O2/c1-4-6-7-11(5-2)9-17-13-8-12(16)14-10(3)15-13/h8,11H,4-7,9H2,1-3H3,(H,14,15,16). The van der Waals surface area contributed by atoms with Crippen molar-refractivity contribution >= 4 is 0 Å². The molecule has 4 heteroatoms. The number of H-pyrrole nitrogens is 1. The van der Waals surface area contributed by atoms with E-state index < -0.39 is 0 Å². The van der Waals surface area contributed by atoms with Crippen molar-refractivity contribution in [1.82, 2.24) is 9.97 Å². The number of rotatable bonds is 7. The minimum absolute atomic E-state index is 0.158. The molecule has 96 valence electrons. The van der Waals surface area contributed by atoms with Crippen LogP contribution in [0.2, 0.25) is 0 Å². The maximum Gasteiger partial charge on any atom is 0.254 e. The van der Waals surface area contributed by atoms with Gasteiger partial charge in [-0.1, -0.05) is 33.1 Å². The molecule has 0 aliphatic heterocycles. The minimum atomic E-state index is -0.158. The molecular formula is C13H22N2O2. The van der Waals surface area contributed by atoms with Gasteiger partial charge in [0.2, 0.25) is 5.88 Å². The molecule has 1 rings (SSSR count). The molecule has 0 radical (unpaired) electrons. The van der Waals surface area contributed by atoms with E-state index in [0.29, 0.717) is 24.2 Å². The second-order valence-corrected chi connectivity index (χ2v) is 4.40. The number of hydrogen-bond acceptors (Lipinski definition) is 3. The molecule has 0 aromatic carbocycles. The van der Waals surface area contributed by atoms with Gasteiger partial charge < -0.3 is 9.72 Å². The highest BCUT2D eigenvalue weighted by Crippen LogP contribution is 2.14. The number of ether oxygens (including phenoxy) is 1. The normalized spacial score (nSPS) is 12.4. The molecule has 0 saturated carbocycles. The van der Waals surface area contributed by atoms with Gasteiger partial charge in [-0.3, -0.25) is 4.79 Å². The molecule has 0 saturated heterocycles. The van der Waals surface area contributed by atoms with Crippen molar-refractivity contribution in [3.63, 3.8) is 0 Å². The van der Waals surface area contributed by atoms with Crippen molar-refractivity contribution in [3.8, 4) is 5.88 Å². The lowest BCUT2D eigenvalue weighted by Crippen LogP contribution is -2.15. The monoisotopic (exact) mass is 238 g/mol. The van der Waals surface area contributed by atoms with Gasteiger partial charge in [0.1, 0.15) is 5.82 Å². The zero-order valence-corrected chi connectivity index (χ0v) is 11.0. The Morgan fingerprint density at radius 1 is 1.47 bits per heavy atom.